The molecule has 1 aliphatic heterocycles. The Labute approximate surface area is 173 Å². The average molecular weight is 416 g/mol. The molecule has 1 fully saturated rings. The van der Waals surface area contributed by atoms with Gasteiger partial charge in [0.05, 0.1) is 19.6 Å². The van der Waals surface area contributed by atoms with Gasteiger partial charge in [0.1, 0.15) is 12.5 Å². The first-order chi connectivity index (χ1) is 13.9. The molecule has 0 aliphatic carbocycles. The van der Waals surface area contributed by atoms with Crippen molar-refractivity contribution >= 4 is 11.7 Å². The van der Waals surface area contributed by atoms with Gasteiger partial charge in [-0.15, -0.1) is 4.91 Å². The zero-order valence-electron chi connectivity index (χ0n) is 18.1. The normalized spacial score (nSPS) is 18.6. The summed E-state index contributed by atoms with van der Waals surface area (Å²) in [4.78, 5) is 52.1. The van der Waals surface area contributed by atoms with Crippen LogP contribution in [0.4, 0.5) is 0 Å². The Morgan fingerprint density at radius 2 is 1.21 bits per heavy atom. The van der Waals surface area contributed by atoms with Crippen LogP contribution < -0.4 is 5.73 Å². The first-order valence-electron chi connectivity index (χ1n) is 10.2. The number of Topliss-reactive ketones (excluding diaryl/α,β-unsaturated/α-hetero) is 1. The zero-order chi connectivity index (χ0) is 22.1. The Balaban J connectivity index is 0.00000379. The maximum Gasteiger partial charge on any atom is 0.231 e. The van der Waals surface area contributed by atoms with Gasteiger partial charge in [0.2, 0.25) is 5.91 Å². The van der Waals surface area contributed by atoms with Crippen molar-refractivity contribution in [2.24, 2.45) is 16.1 Å². The molecular weight excluding hydrogens is 378 g/mol. The van der Waals surface area contributed by atoms with Crippen LogP contribution in [0.25, 0.3) is 0 Å². The van der Waals surface area contributed by atoms with Crippen molar-refractivity contribution in [3.05, 3.63) is 9.81 Å². The molecule has 1 saturated heterocycles. The summed E-state index contributed by atoms with van der Waals surface area (Å²) >= 11 is 0. The highest BCUT2D eigenvalue weighted by molar-refractivity contribution is 5.77. The molecule has 0 bridgehead atoms. The summed E-state index contributed by atoms with van der Waals surface area (Å²) in [7, 11) is 0. The zero-order valence-corrected chi connectivity index (χ0v) is 18.1. The van der Waals surface area contributed by atoms with Gasteiger partial charge in [-0.3, -0.25) is 29.2 Å². The second-order valence-corrected chi connectivity index (χ2v) is 6.80. The van der Waals surface area contributed by atoms with Gasteiger partial charge in [0, 0.05) is 58.9 Å². The number of nitrogens with zero attached hydrogens (tertiary/aromatic N) is 6. The highest BCUT2D eigenvalue weighted by Crippen LogP contribution is 2.01. The van der Waals surface area contributed by atoms with Crippen LogP contribution in [0.15, 0.2) is 10.4 Å². The maximum atomic E-state index is 11.5. The minimum atomic E-state index is -0.399. The van der Waals surface area contributed by atoms with E-state index in [9.17, 15) is 19.4 Å². The first-order valence-corrected chi connectivity index (χ1v) is 10.2. The number of hydrogen-bond acceptors (Lipinski definition) is 10. The summed E-state index contributed by atoms with van der Waals surface area (Å²) in [5.74, 6) is -0.333. The summed E-state index contributed by atoms with van der Waals surface area (Å²) in [6.45, 7) is 11.8. The molecule has 1 aliphatic rings. The lowest BCUT2D eigenvalue weighted by Gasteiger charge is -2.32. The van der Waals surface area contributed by atoms with E-state index >= 15 is 0 Å². The largest absolute Gasteiger partial charge is 0.369 e. The van der Waals surface area contributed by atoms with Gasteiger partial charge in [-0.05, 0) is 6.92 Å². The molecule has 29 heavy (non-hydrogen) atoms. The number of ketones is 1. The third kappa shape index (κ3) is 13.9. The fraction of sp³-hybridized carbons (Fsp3) is 0.889. The Hall–Kier alpha value is -1.82. The molecule has 11 heteroatoms. The van der Waals surface area contributed by atoms with Gasteiger partial charge in [0.25, 0.3) is 0 Å². The number of rotatable bonds is 9. The average Bonchev–Trinajstić information content (AvgIpc) is 2.68. The number of carbonyl (C=O) groups excluding carboxylic acids is 2. The lowest BCUT2D eigenvalue weighted by Crippen LogP contribution is -2.48. The Bertz CT molecular complexity index is 493. The van der Waals surface area contributed by atoms with Crippen LogP contribution in [-0.4, -0.2) is 116 Å². The quantitative estimate of drug-likeness (QED) is 0.512. The number of hydrogen-bond donors (Lipinski definition) is 1. The van der Waals surface area contributed by atoms with Crippen LogP contribution in [0.1, 0.15) is 20.8 Å². The lowest BCUT2D eigenvalue weighted by atomic mass is 10.3. The van der Waals surface area contributed by atoms with Gasteiger partial charge >= 0.3 is 0 Å². The topological polar surface area (TPSA) is 132 Å². The third-order valence-corrected chi connectivity index (χ3v) is 4.52. The van der Waals surface area contributed by atoms with E-state index in [0.29, 0.717) is 65.4 Å². The summed E-state index contributed by atoms with van der Waals surface area (Å²) in [5.41, 5.74) is 5.36. The summed E-state index contributed by atoms with van der Waals surface area (Å²) in [6.07, 6.45) is 0. The van der Waals surface area contributed by atoms with Crippen molar-refractivity contribution in [3.63, 3.8) is 0 Å². The lowest BCUT2D eigenvalue weighted by molar-refractivity contribution is -0.120. The van der Waals surface area contributed by atoms with Gasteiger partial charge in [-0.25, -0.2) is 0 Å². The van der Waals surface area contributed by atoms with E-state index in [0.717, 1.165) is 0 Å². The van der Waals surface area contributed by atoms with E-state index in [1.54, 1.807) is 6.92 Å². The van der Waals surface area contributed by atoms with E-state index in [4.69, 9.17) is 5.73 Å². The van der Waals surface area contributed by atoms with Crippen LogP contribution in [-0.2, 0) is 9.59 Å². The minimum Gasteiger partial charge on any atom is -0.369 e. The minimum absolute atomic E-state index is 0.0659. The first kappa shape index (κ1) is 27.2. The molecule has 1 rings (SSSR count). The highest BCUT2D eigenvalue weighted by Gasteiger charge is 2.18. The van der Waals surface area contributed by atoms with Crippen LogP contribution >= 0.6 is 0 Å². The summed E-state index contributed by atoms with van der Waals surface area (Å²) in [5, 5.41) is 5.91. The number of primary amides is 1. The van der Waals surface area contributed by atoms with E-state index < -0.39 is 5.91 Å². The number of nitroso groups, excluding NO2 is 2. The van der Waals surface area contributed by atoms with Crippen molar-refractivity contribution in [2.75, 3.05) is 85.2 Å². The molecule has 11 nitrogen and oxygen atoms in total. The smallest absolute Gasteiger partial charge is 0.231 e. The Morgan fingerprint density at radius 3 is 1.62 bits per heavy atom. The van der Waals surface area contributed by atoms with Gasteiger partial charge in [0.15, 0.2) is 0 Å². The summed E-state index contributed by atoms with van der Waals surface area (Å²) in [6, 6.07) is 0. The number of amides is 1. The van der Waals surface area contributed by atoms with Gasteiger partial charge in [-0.1, -0.05) is 24.2 Å². The van der Waals surface area contributed by atoms with Gasteiger partial charge < -0.3 is 5.73 Å². The molecule has 0 saturated carbocycles. The Morgan fingerprint density at radius 1 is 0.759 bits per heavy atom. The molecule has 0 atom stereocenters. The van der Waals surface area contributed by atoms with E-state index in [1.165, 1.54) is 0 Å². The fourth-order valence-corrected chi connectivity index (χ4v) is 3.06. The van der Waals surface area contributed by atoms with Crippen molar-refractivity contribution in [2.45, 2.75) is 20.8 Å². The Kier molecular flexibility index (Phi) is 16.0. The van der Waals surface area contributed by atoms with E-state index in [-0.39, 0.29) is 25.5 Å². The van der Waals surface area contributed by atoms with Crippen LogP contribution in [0.2, 0.25) is 0 Å². The maximum absolute atomic E-state index is 11.5. The molecule has 0 spiro atoms. The second kappa shape index (κ2) is 17.1. The monoisotopic (exact) mass is 415 g/mol. The van der Waals surface area contributed by atoms with Gasteiger partial charge in [-0.2, -0.15) is 4.91 Å². The molecular formula is C18H37N7O4. The van der Waals surface area contributed by atoms with Crippen molar-refractivity contribution < 1.29 is 9.59 Å². The van der Waals surface area contributed by atoms with Crippen LogP contribution in [0.5, 0.6) is 0 Å². The number of carbonyl (C=O) groups is 2. The molecule has 0 aromatic rings. The second-order valence-electron chi connectivity index (χ2n) is 6.80. The number of nitrogens with two attached hydrogens (primary N) is 1. The molecule has 1 heterocycles. The molecule has 0 aromatic carbocycles. The van der Waals surface area contributed by atoms with Crippen molar-refractivity contribution in [1.29, 1.82) is 0 Å². The predicted molar refractivity (Wildman–Crippen MR) is 113 cm³/mol. The van der Waals surface area contributed by atoms with Crippen LogP contribution in [0.3, 0.4) is 0 Å². The van der Waals surface area contributed by atoms with Crippen molar-refractivity contribution in [3.8, 4) is 0 Å². The molecule has 0 radical (unpaired) electrons. The third-order valence-electron chi connectivity index (χ3n) is 4.52. The molecule has 0 unspecified atom stereocenters. The van der Waals surface area contributed by atoms with E-state index in [1.807, 2.05) is 28.5 Å². The predicted octanol–water partition coefficient (Wildman–Crippen LogP) is -0.201. The molecule has 168 valence electrons. The standard InChI is InChI=1S/C16H31N7O4.C2H6/c1-15(24)12-21-7-8-22(13-16(17)25)6-4-20(3-2-18-26)5-10-23(11-9-21)14-19-27;1-2/h2-14H2,1H3,(H2,17,25);1-2H3. The van der Waals surface area contributed by atoms with Crippen LogP contribution in [0, 0.1) is 9.81 Å². The van der Waals surface area contributed by atoms with E-state index in [2.05, 4.69) is 15.3 Å². The summed E-state index contributed by atoms with van der Waals surface area (Å²) < 4.78 is 0. The molecule has 1 amide bonds. The van der Waals surface area contributed by atoms with Crippen molar-refractivity contribution in [1.82, 2.24) is 19.6 Å². The highest BCUT2D eigenvalue weighted by atomic mass is 16.3. The molecule has 0 aromatic heterocycles. The fourth-order valence-electron chi connectivity index (χ4n) is 3.06. The SMILES string of the molecule is CC.CC(=O)CN1CCN(CN=O)CCN(CCN=O)CCN(CC(N)=O)CC1. The molecule has 2 N–H and O–H groups in total.